The number of ketones is 1. The monoisotopic (exact) mass is 529 g/mol. The molecule has 1 aliphatic heterocycles. The molecule has 1 aliphatic rings. The van der Waals surface area contributed by atoms with Gasteiger partial charge in [0.15, 0.2) is 11.3 Å². The van der Waals surface area contributed by atoms with Crippen molar-refractivity contribution in [3.8, 4) is 11.1 Å². The molecule has 1 unspecified atom stereocenters. The molecule has 3 aromatic carbocycles. The molecule has 4 rings (SSSR count). The number of aliphatic carboxylic acids is 1. The van der Waals surface area contributed by atoms with E-state index in [2.05, 4.69) is 28.7 Å². The Labute approximate surface area is 192 Å². The molecule has 0 spiro atoms. The summed E-state index contributed by atoms with van der Waals surface area (Å²) in [5.41, 5.74) is 0.498. The van der Waals surface area contributed by atoms with Crippen LogP contribution >= 0.6 is 22.6 Å². The molecule has 1 atom stereocenters. The van der Waals surface area contributed by atoms with Gasteiger partial charge in [0.05, 0.1) is 0 Å². The summed E-state index contributed by atoms with van der Waals surface area (Å²) in [4.78, 5) is 37.6. The average Bonchev–Trinajstić information content (AvgIpc) is 3.19. The molecule has 2 N–H and O–H groups in total. The zero-order valence-corrected chi connectivity index (χ0v) is 18.7. The Bertz CT molecular complexity index is 1210. The maximum absolute atomic E-state index is 13.1. The van der Waals surface area contributed by atoms with Gasteiger partial charge in [0.1, 0.15) is 0 Å². The maximum Gasteiger partial charge on any atom is 0.408 e. The van der Waals surface area contributed by atoms with Gasteiger partial charge in [0, 0.05) is 22.1 Å². The van der Waals surface area contributed by atoms with Crippen molar-refractivity contribution in [1.29, 1.82) is 0 Å². The summed E-state index contributed by atoms with van der Waals surface area (Å²) in [7, 11) is 0. The van der Waals surface area contributed by atoms with Crippen LogP contribution in [0.4, 0.5) is 4.79 Å². The summed E-state index contributed by atoms with van der Waals surface area (Å²) in [6.45, 7) is 0.115. The second kappa shape index (κ2) is 8.30. The standard InChI is InChI=1S/C24H20INO5/c25-20-9-8-18(13-19(20)17-7-6-15-4-1-2-5-16(15)12-17)21(27)14-24(22(28)29)10-3-11-26(24)23(30)31/h1-2,4-9,12-13H,3,10-11,14H2,(H,28,29)(H,30,31). The molecule has 31 heavy (non-hydrogen) atoms. The van der Waals surface area contributed by atoms with Gasteiger partial charge in [-0.2, -0.15) is 0 Å². The van der Waals surface area contributed by atoms with Gasteiger partial charge in [-0.1, -0.05) is 42.5 Å². The lowest BCUT2D eigenvalue weighted by molar-refractivity contribution is -0.148. The highest BCUT2D eigenvalue weighted by atomic mass is 127. The molecule has 0 aliphatic carbocycles. The van der Waals surface area contributed by atoms with Crippen LogP contribution in [0.15, 0.2) is 60.7 Å². The van der Waals surface area contributed by atoms with Crippen molar-refractivity contribution in [2.75, 3.05) is 6.54 Å². The van der Waals surface area contributed by atoms with E-state index in [1.54, 1.807) is 12.1 Å². The van der Waals surface area contributed by atoms with Crippen LogP contribution in [-0.2, 0) is 4.79 Å². The number of hydrogen-bond acceptors (Lipinski definition) is 3. The molecule has 158 valence electrons. The second-order valence-electron chi connectivity index (χ2n) is 7.73. The fraction of sp³-hybridized carbons (Fsp3) is 0.208. The van der Waals surface area contributed by atoms with Gasteiger partial charge in [0.25, 0.3) is 0 Å². The predicted molar refractivity (Wildman–Crippen MR) is 125 cm³/mol. The van der Waals surface area contributed by atoms with E-state index in [4.69, 9.17) is 0 Å². The molecular formula is C24H20INO5. The highest BCUT2D eigenvalue weighted by Crippen LogP contribution is 2.35. The van der Waals surface area contributed by atoms with Crippen LogP contribution in [0, 0.1) is 3.57 Å². The number of halogens is 1. The molecule has 1 heterocycles. The number of carbonyl (C=O) groups excluding carboxylic acids is 1. The summed E-state index contributed by atoms with van der Waals surface area (Å²) >= 11 is 2.21. The van der Waals surface area contributed by atoms with Gasteiger partial charge in [-0.15, -0.1) is 0 Å². The number of benzene rings is 3. The fourth-order valence-electron chi connectivity index (χ4n) is 4.28. The van der Waals surface area contributed by atoms with Gasteiger partial charge < -0.3 is 10.2 Å². The predicted octanol–water partition coefficient (Wildman–Crippen LogP) is 5.28. The lowest BCUT2D eigenvalue weighted by Gasteiger charge is -2.32. The van der Waals surface area contributed by atoms with Crippen LogP contribution in [0.5, 0.6) is 0 Å². The zero-order valence-electron chi connectivity index (χ0n) is 16.5. The Balaban J connectivity index is 1.69. The largest absolute Gasteiger partial charge is 0.479 e. The maximum atomic E-state index is 13.1. The third-order valence-electron chi connectivity index (χ3n) is 5.92. The van der Waals surface area contributed by atoms with E-state index in [9.17, 15) is 24.6 Å². The minimum atomic E-state index is -1.71. The topological polar surface area (TPSA) is 94.9 Å². The summed E-state index contributed by atoms with van der Waals surface area (Å²) in [5.74, 6) is -1.66. The number of amides is 1. The Morgan fingerprint density at radius 1 is 0.968 bits per heavy atom. The summed E-state index contributed by atoms with van der Waals surface area (Å²) in [6.07, 6.45) is -1.15. The molecule has 1 saturated heterocycles. The number of Topliss-reactive ketones (excluding diaryl/α,β-unsaturated/α-hetero) is 1. The third-order valence-corrected chi connectivity index (χ3v) is 6.86. The molecule has 1 amide bonds. The normalized spacial score (nSPS) is 18.3. The highest BCUT2D eigenvalue weighted by Gasteiger charge is 2.51. The molecule has 3 aromatic rings. The van der Waals surface area contributed by atoms with Crippen LogP contribution in [0.1, 0.15) is 29.6 Å². The van der Waals surface area contributed by atoms with Crippen LogP contribution in [0.25, 0.3) is 21.9 Å². The number of nitrogens with zero attached hydrogens (tertiary/aromatic N) is 1. The molecule has 6 nitrogen and oxygen atoms in total. The van der Waals surface area contributed by atoms with Gasteiger partial charge >= 0.3 is 12.1 Å². The first-order chi connectivity index (χ1) is 14.8. The van der Waals surface area contributed by atoms with Crippen molar-refractivity contribution in [3.63, 3.8) is 0 Å². The minimum Gasteiger partial charge on any atom is -0.479 e. The number of carboxylic acid groups (broad SMARTS) is 2. The quantitative estimate of drug-likeness (QED) is 0.347. The molecule has 0 saturated carbocycles. The summed E-state index contributed by atoms with van der Waals surface area (Å²) < 4.78 is 0.963. The number of rotatable bonds is 5. The summed E-state index contributed by atoms with van der Waals surface area (Å²) in [5, 5.41) is 21.4. The van der Waals surface area contributed by atoms with Gasteiger partial charge in [0.2, 0.25) is 0 Å². The first-order valence-electron chi connectivity index (χ1n) is 9.88. The Morgan fingerprint density at radius 3 is 2.42 bits per heavy atom. The van der Waals surface area contributed by atoms with E-state index in [1.807, 2.05) is 42.5 Å². The van der Waals surface area contributed by atoms with Crippen molar-refractivity contribution < 1.29 is 24.6 Å². The number of hydrogen-bond donors (Lipinski definition) is 2. The van der Waals surface area contributed by atoms with Crippen molar-refractivity contribution in [2.24, 2.45) is 0 Å². The summed E-state index contributed by atoms with van der Waals surface area (Å²) in [6, 6.07) is 19.4. The van der Waals surface area contributed by atoms with Crippen molar-refractivity contribution in [2.45, 2.75) is 24.8 Å². The van der Waals surface area contributed by atoms with Gasteiger partial charge in [-0.25, -0.2) is 9.59 Å². The van der Waals surface area contributed by atoms with Crippen LogP contribution in [0.3, 0.4) is 0 Å². The van der Waals surface area contributed by atoms with E-state index in [0.717, 1.165) is 30.4 Å². The van der Waals surface area contributed by atoms with E-state index in [-0.39, 0.29) is 25.2 Å². The number of fused-ring (bicyclic) bond motifs is 1. The molecular weight excluding hydrogens is 509 g/mol. The lowest BCUT2D eigenvalue weighted by Crippen LogP contribution is -2.53. The first-order valence-corrected chi connectivity index (χ1v) is 11.0. The average molecular weight is 529 g/mol. The molecule has 1 fully saturated rings. The Kier molecular flexibility index (Phi) is 5.70. The number of likely N-dealkylation sites (tertiary alicyclic amines) is 1. The molecule has 0 radical (unpaired) electrons. The van der Waals surface area contributed by atoms with Crippen LogP contribution < -0.4 is 0 Å². The van der Waals surface area contributed by atoms with Crippen molar-refractivity contribution in [1.82, 2.24) is 4.90 Å². The highest BCUT2D eigenvalue weighted by molar-refractivity contribution is 14.1. The van der Waals surface area contributed by atoms with Gasteiger partial charge in [-0.05, 0) is 75.5 Å². The van der Waals surface area contributed by atoms with E-state index >= 15 is 0 Å². The molecule has 0 bridgehead atoms. The zero-order chi connectivity index (χ0) is 22.2. The number of carbonyl (C=O) groups is 3. The van der Waals surface area contributed by atoms with Gasteiger partial charge in [-0.3, -0.25) is 9.69 Å². The number of carboxylic acids is 1. The Morgan fingerprint density at radius 2 is 1.71 bits per heavy atom. The second-order valence-corrected chi connectivity index (χ2v) is 8.89. The smallest absolute Gasteiger partial charge is 0.408 e. The van der Waals surface area contributed by atoms with E-state index in [1.165, 1.54) is 0 Å². The first kappa shape index (κ1) is 21.3. The minimum absolute atomic E-state index is 0.115. The SMILES string of the molecule is O=C(CC1(C(=O)O)CCCN1C(=O)O)c1ccc(I)c(-c2ccc3ccccc3c2)c1. The van der Waals surface area contributed by atoms with Crippen molar-refractivity contribution in [3.05, 3.63) is 69.8 Å². The Hall–Kier alpha value is -2.94. The lowest BCUT2D eigenvalue weighted by atomic mass is 9.87. The molecule has 7 heteroatoms. The van der Waals surface area contributed by atoms with E-state index in [0.29, 0.717) is 12.0 Å². The van der Waals surface area contributed by atoms with E-state index < -0.39 is 17.6 Å². The van der Waals surface area contributed by atoms with Crippen molar-refractivity contribution >= 4 is 51.2 Å². The third kappa shape index (κ3) is 3.89. The van der Waals surface area contributed by atoms with Crippen LogP contribution in [0.2, 0.25) is 0 Å². The van der Waals surface area contributed by atoms with Crippen LogP contribution in [-0.4, -0.2) is 45.0 Å². The fourth-order valence-corrected chi connectivity index (χ4v) is 4.93. The molecule has 0 aromatic heterocycles.